The number of sulfonamides is 1. The molecule has 0 radical (unpaired) electrons. The minimum atomic E-state index is -3.60. The Labute approximate surface area is 172 Å². The number of hydrogen-bond donors (Lipinski definition) is 2. The van der Waals surface area contributed by atoms with Crippen LogP contribution < -0.4 is 10.6 Å². The van der Waals surface area contributed by atoms with Crippen molar-refractivity contribution in [1.82, 2.24) is 4.31 Å². The van der Waals surface area contributed by atoms with E-state index in [1.54, 1.807) is 25.1 Å². The van der Waals surface area contributed by atoms with Crippen LogP contribution in [0.4, 0.5) is 11.4 Å². The smallest absolute Gasteiger partial charge is 0.243 e. The van der Waals surface area contributed by atoms with Gasteiger partial charge < -0.3 is 15.4 Å². The Morgan fingerprint density at radius 1 is 1.07 bits per heavy atom. The topological polar surface area (TPSA) is 87.7 Å². The van der Waals surface area contributed by atoms with E-state index in [0.29, 0.717) is 37.6 Å². The Morgan fingerprint density at radius 3 is 2.38 bits per heavy atom. The molecule has 7 nitrogen and oxygen atoms in total. The Morgan fingerprint density at radius 2 is 1.72 bits per heavy atom. The van der Waals surface area contributed by atoms with E-state index in [0.717, 1.165) is 12.1 Å². The first-order valence-electron chi connectivity index (χ1n) is 9.71. The highest BCUT2D eigenvalue weighted by atomic mass is 32.2. The van der Waals surface area contributed by atoms with Gasteiger partial charge in [-0.15, -0.1) is 0 Å². The fourth-order valence-corrected chi connectivity index (χ4v) is 4.78. The first kappa shape index (κ1) is 21.3. The summed E-state index contributed by atoms with van der Waals surface area (Å²) in [5.41, 5.74) is 3.18. The number of amides is 1. The maximum Gasteiger partial charge on any atom is 0.243 e. The van der Waals surface area contributed by atoms with E-state index in [2.05, 4.69) is 17.6 Å². The monoisotopic (exact) mass is 417 g/mol. The van der Waals surface area contributed by atoms with Crippen molar-refractivity contribution in [2.45, 2.75) is 25.2 Å². The van der Waals surface area contributed by atoms with Gasteiger partial charge in [-0.1, -0.05) is 25.1 Å². The number of nitrogens with one attached hydrogen (secondary N) is 2. The molecule has 2 N–H and O–H groups in total. The van der Waals surface area contributed by atoms with Crippen molar-refractivity contribution in [3.8, 4) is 0 Å². The Hall–Kier alpha value is -2.42. The zero-order valence-corrected chi connectivity index (χ0v) is 17.6. The molecular weight excluding hydrogens is 390 g/mol. The van der Waals surface area contributed by atoms with Crippen molar-refractivity contribution >= 4 is 27.3 Å². The number of aryl methyl sites for hydroxylation is 2. The largest absolute Gasteiger partial charge is 0.379 e. The molecule has 0 spiro atoms. The molecule has 0 bridgehead atoms. The third-order valence-electron chi connectivity index (χ3n) is 4.88. The predicted molar refractivity (Wildman–Crippen MR) is 114 cm³/mol. The van der Waals surface area contributed by atoms with Crippen molar-refractivity contribution in [2.24, 2.45) is 0 Å². The summed E-state index contributed by atoms with van der Waals surface area (Å²) in [6.07, 6.45) is 0.943. The summed E-state index contributed by atoms with van der Waals surface area (Å²) in [6, 6.07) is 12.8. The minimum Gasteiger partial charge on any atom is -0.379 e. The highest BCUT2D eigenvalue weighted by molar-refractivity contribution is 7.89. The second-order valence-corrected chi connectivity index (χ2v) is 8.86. The van der Waals surface area contributed by atoms with Crippen LogP contribution in [-0.2, 0) is 26.0 Å². The zero-order chi connectivity index (χ0) is 20.9. The van der Waals surface area contributed by atoms with E-state index < -0.39 is 10.0 Å². The quantitative estimate of drug-likeness (QED) is 0.723. The third kappa shape index (κ3) is 5.35. The van der Waals surface area contributed by atoms with E-state index in [9.17, 15) is 13.2 Å². The number of ether oxygens (including phenoxy) is 1. The first-order valence-corrected chi connectivity index (χ1v) is 11.2. The second-order valence-electron chi connectivity index (χ2n) is 6.95. The maximum absolute atomic E-state index is 13.0. The summed E-state index contributed by atoms with van der Waals surface area (Å²) < 4.78 is 32.6. The predicted octanol–water partition coefficient (Wildman–Crippen LogP) is 2.63. The minimum absolute atomic E-state index is 0.0373. The number of hydrogen-bond acceptors (Lipinski definition) is 5. The standard InChI is InChI=1S/C21H27N3O4S/c1-3-17-5-8-18(9-6-17)23-21(25)15-22-19-7-4-16(2)20(14-19)29(26,27)24-10-12-28-13-11-24/h4-9,14,22H,3,10-13,15H2,1-2H3,(H,23,25). The number of anilines is 2. The molecule has 3 rings (SSSR count). The molecule has 1 amide bonds. The Balaban J connectivity index is 1.65. The van der Waals surface area contributed by atoms with Gasteiger partial charge in [0, 0.05) is 24.5 Å². The molecule has 1 aliphatic rings. The van der Waals surface area contributed by atoms with E-state index in [-0.39, 0.29) is 17.3 Å². The zero-order valence-electron chi connectivity index (χ0n) is 16.8. The average Bonchev–Trinajstić information content (AvgIpc) is 2.74. The van der Waals surface area contributed by atoms with Crippen LogP contribution in [0.2, 0.25) is 0 Å². The lowest BCUT2D eigenvalue weighted by Gasteiger charge is -2.27. The van der Waals surface area contributed by atoms with Gasteiger partial charge in [-0.05, 0) is 48.7 Å². The second kappa shape index (κ2) is 9.39. The molecule has 2 aromatic carbocycles. The molecule has 1 saturated heterocycles. The molecule has 156 valence electrons. The Bertz CT molecular complexity index is 952. The van der Waals surface area contributed by atoms with Gasteiger partial charge in [-0.3, -0.25) is 4.79 Å². The van der Waals surface area contributed by atoms with Crippen LogP contribution in [0.3, 0.4) is 0 Å². The lowest BCUT2D eigenvalue weighted by molar-refractivity contribution is -0.114. The summed E-state index contributed by atoms with van der Waals surface area (Å²) in [5.74, 6) is -0.201. The molecule has 1 heterocycles. The van der Waals surface area contributed by atoms with Gasteiger partial charge in [-0.2, -0.15) is 4.31 Å². The maximum atomic E-state index is 13.0. The summed E-state index contributed by atoms with van der Waals surface area (Å²) in [5, 5.41) is 5.84. The SMILES string of the molecule is CCc1ccc(NC(=O)CNc2ccc(C)c(S(=O)(=O)N3CCOCC3)c2)cc1. The van der Waals surface area contributed by atoms with Gasteiger partial charge in [0.2, 0.25) is 15.9 Å². The first-order chi connectivity index (χ1) is 13.9. The fourth-order valence-electron chi connectivity index (χ4n) is 3.13. The van der Waals surface area contributed by atoms with Crippen molar-refractivity contribution < 1.29 is 17.9 Å². The van der Waals surface area contributed by atoms with Crippen LogP contribution >= 0.6 is 0 Å². The molecule has 0 aromatic heterocycles. The van der Waals surface area contributed by atoms with E-state index in [1.165, 1.54) is 9.87 Å². The summed E-state index contributed by atoms with van der Waals surface area (Å²) in [4.78, 5) is 12.5. The lowest BCUT2D eigenvalue weighted by Crippen LogP contribution is -2.40. The third-order valence-corrected chi connectivity index (χ3v) is 6.92. The van der Waals surface area contributed by atoms with Crippen LogP contribution in [0, 0.1) is 6.92 Å². The van der Waals surface area contributed by atoms with Crippen molar-refractivity contribution in [1.29, 1.82) is 0 Å². The van der Waals surface area contributed by atoms with Crippen molar-refractivity contribution in [3.63, 3.8) is 0 Å². The molecule has 0 unspecified atom stereocenters. The van der Waals surface area contributed by atoms with Crippen LogP contribution in [0.1, 0.15) is 18.1 Å². The molecule has 0 saturated carbocycles. The van der Waals surface area contributed by atoms with Crippen molar-refractivity contribution in [2.75, 3.05) is 43.5 Å². The van der Waals surface area contributed by atoms with Gasteiger partial charge in [-0.25, -0.2) is 8.42 Å². The molecule has 8 heteroatoms. The number of carbonyl (C=O) groups is 1. The van der Waals surface area contributed by atoms with Crippen LogP contribution in [0.15, 0.2) is 47.4 Å². The fraction of sp³-hybridized carbons (Fsp3) is 0.381. The molecule has 0 aliphatic carbocycles. The molecule has 1 fully saturated rings. The van der Waals surface area contributed by atoms with Crippen LogP contribution in [0.5, 0.6) is 0 Å². The normalized spacial score (nSPS) is 15.1. The highest BCUT2D eigenvalue weighted by Gasteiger charge is 2.27. The van der Waals surface area contributed by atoms with E-state index in [1.807, 2.05) is 24.3 Å². The lowest BCUT2D eigenvalue weighted by atomic mass is 10.1. The van der Waals surface area contributed by atoms with Gasteiger partial charge in [0.1, 0.15) is 0 Å². The molecular formula is C21H27N3O4S. The average molecular weight is 418 g/mol. The number of morpholine rings is 1. The number of benzene rings is 2. The van der Waals surface area contributed by atoms with E-state index >= 15 is 0 Å². The number of rotatable bonds is 7. The number of nitrogens with zero attached hydrogens (tertiary/aromatic N) is 1. The summed E-state index contributed by atoms with van der Waals surface area (Å²) >= 11 is 0. The Kier molecular flexibility index (Phi) is 6.89. The van der Waals surface area contributed by atoms with Gasteiger partial charge in [0.05, 0.1) is 24.7 Å². The van der Waals surface area contributed by atoms with Crippen LogP contribution in [-0.4, -0.2) is 51.5 Å². The number of carbonyl (C=O) groups excluding carboxylic acids is 1. The molecule has 1 aliphatic heterocycles. The van der Waals surface area contributed by atoms with Gasteiger partial charge >= 0.3 is 0 Å². The molecule has 29 heavy (non-hydrogen) atoms. The van der Waals surface area contributed by atoms with Gasteiger partial charge in [0.25, 0.3) is 0 Å². The molecule has 0 atom stereocenters. The summed E-state index contributed by atoms with van der Waals surface area (Å²) in [7, 11) is -3.60. The van der Waals surface area contributed by atoms with Crippen LogP contribution in [0.25, 0.3) is 0 Å². The highest BCUT2D eigenvalue weighted by Crippen LogP contribution is 2.24. The summed E-state index contributed by atoms with van der Waals surface area (Å²) in [6.45, 7) is 5.37. The van der Waals surface area contributed by atoms with E-state index in [4.69, 9.17) is 4.74 Å². The van der Waals surface area contributed by atoms with Crippen molar-refractivity contribution in [3.05, 3.63) is 53.6 Å². The van der Waals surface area contributed by atoms with Gasteiger partial charge in [0.15, 0.2) is 0 Å². The molecule has 2 aromatic rings.